The molecule has 1 unspecified atom stereocenters. The summed E-state index contributed by atoms with van der Waals surface area (Å²) in [7, 11) is -1.88. The molecule has 0 aromatic carbocycles. The molecule has 0 aliphatic carbocycles. The van der Waals surface area contributed by atoms with Crippen LogP contribution in [0.1, 0.15) is 96.8 Å². The van der Waals surface area contributed by atoms with Crippen molar-refractivity contribution < 1.29 is 19.9 Å². The highest BCUT2D eigenvalue weighted by Crippen LogP contribution is 2.20. The fraction of sp³-hybridized carbons (Fsp3) is 0.857. The number of unbranched alkanes of at least 4 members (excludes halogenated alkanes) is 12. The van der Waals surface area contributed by atoms with E-state index in [0.29, 0.717) is 6.16 Å². The van der Waals surface area contributed by atoms with Crippen LogP contribution < -0.4 is 4.89 Å². The molecule has 0 bridgehead atoms. The first kappa shape index (κ1) is 26.2. The van der Waals surface area contributed by atoms with E-state index in [4.69, 9.17) is 10.2 Å². The Hall–Kier alpha value is -0.770. The lowest BCUT2D eigenvalue weighted by Crippen LogP contribution is -2.21. The molecule has 0 fully saturated rings. The minimum atomic E-state index is -1.88. The van der Waals surface area contributed by atoms with Gasteiger partial charge in [0.2, 0.25) is 6.04 Å². The number of aliphatic carboxylic acids is 1. The Morgan fingerprint density at radius 2 is 1.41 bits per heavy atom. The quantitative estimate of drug-likeness (QED) is 0.172. The van der Waals surface area contributed by atoms with Crippen molar-refractivity contribution in [3.05, 3.63) is 12.2 Å². The summed E-state index contributed by atoms with van der Waals surface area (Å²) in [6.07, 6.45) is 22.1. The molecule has 0 rings (SSSR count). The number of hydrogen-bond acceptors (Lipinski definition) is 4. The fourth-order valence-corrected chi connectivity index (χ4v) is 3.96. The molecule has 0 saturated heterocycles. The van der Waals surface area contributed by atoms with Gasteiger partial charge >= 0.3 is 5.97 Å². The van der Waals surface area contributed by atoms with Crippen LogP contribution in [0.2, 0.25) is 0 Å². The van der Waals surface area contributed by atoms with Crippen LogP contribution in [0.4, 0.5) is 0 Å². The van der Waals surface area contributed by atoms with Gasteiger partial charge in [-0.3, -0.25) is 0 Å². The number of allylic oxidation sites excluding steroid dienone is 2. The molecule has 2 atom stereocenters. The minimum absolute atomic E-state index is 0.417. The topological polar surface area (TPSA) is 93.0 Å². The molecule has 0 aromatic heterocycles. The molecule has 27 heavy (non-hydrogen) atoms. The van der Waals surface area contributed by atoms with Gasteiger partial charge in [0.25, 0.3) is 0 Å². The largest absolute Gasteiger partial charge is 0.612 e. The van der Waals surface area contributed by atoms with E-state index in [0.717, 1.165) is 25.7 Å². The second kappa shape index (κ2) is 20.0. The van der Waals surface area contributed by atoms with E-state index in [2.05, 4.69) is 23.8 Å². The Bertz CT molecular complexity index is 413. The summed E-state index contributed by atoms with van der Waals surface area (Å²) in [5, 5.41) is 17.6. The molecule has 5 nitrogen and oxygen atoms in total. The van der Waals surface area contributed by atoms with Crippen LogP contribution in [-0.2, 0) is 4.79 Å². The predicted octanol–water partition coefficient (Wildman–Crippen LogP) is 5.41. The first-order chi connectivity index (χ1) is 13.1. The molecule has 0 aliphatic rings. The lowest BCUT2D eigenvalue weighted by atomic mass is 10.1. The normalized spacial score (nSPS) is 13.4. The summed E-state index contributed by atoms with van der Waals surface area (Å²) < 4.78 is 3.65. The third kappa shape index (κ3) is 18.4. The standard InChI is InChI=1S/C21H40NO4P/c1-2-3-4-5-6-7-8-9-10-11-12-13-14-15-16-17-18-27(26)22-20(19-23)21(24)25/h9-10,20,23H,2-8,11-19H2,1H3,(H,24,25)/b10-9-/t20-/m0/s1. The molecule has 0 spiro atoms. The third-order valence-corrected chi connectivity index (χ3v) is 5.82. The van der Waals surface area contributed by atoms with Gasteiger partial charge in [-0.25, -0.2) is 4.79 Å². The van der Waals surface area contributed by atoms with Gasteiger partial charge < -0.3 is 15.1 Å². The average Bonchev–Trinajstić information content (AvgIpc) is 2.65. The maximum atomic E-state index is 11.7. The van der Waals surface area contributed by atoms with Crippen molar-refractivity contribution in [1.29, 1.82) is 0 Å². The van der Waals surface area contributed by atoms with Crippen LogP contribution in [0.15, 0.2) is 16.9 Å². The minimum Gasteiger partial charge on any atom is -0.612 e. The summed E-state index contributed by atoms with van der Waals surface area (Å²) in [5.41, 5.74) is 0. The molecule has 0 amide bonds. The molecule has 6 heteroatoms. The Kier molecular flexibility index (Phi) is 19.4. The smallest absolute Gasteiger partial charge is 0.335 e. The number of aliphatic hydroxyl groups is 1. The first-order valence-corrected chi connectivity index (χ1v) is 12.2. The van der Waals surface area contributed by atoms with Crippen LogP contribution in [0.3, 0.4) is 0 Å². The molecule has 158 valence electrons. The predicted molar refractivity (Wildman–Crippen MR) is 112 cm³/mol. The number of aliphatic hydroxyl groups excluding tert-OH is 1. The van der Waals surface area contributed by atoms with Gasteiger partial charge in [-0.15, -0.1) is 0 Å². The Morgan fingerprint density at radius 1 is 0.926 bits per heavy atom. The highest BCUT2D eigenvalue weighted by molar-refractivity contribution is 7.39. The molecule has 0 heterocycles. The zero-order valence-electron chi connectivity index (χ0n) is 17.2. The van der Waals surface area contributed by atoms with Crippen molar-refractivity contribution in [3.8, 4) is 0 Å². The van der Waals surface area contributed by atoms with E-state index in [1.165, 1.54) is 64.2 Å². The van der Waals surface area contributed by atoms with Gasteiger partial charge in [0, 0.05) is 0 Å². The third-order valence-electron chi connectivity index (χ3n) is 4.59. The van der Waals surface area contributed by atoms with Crippen LogP contribution in [-0.4, -0.2) is 35.0 Å². The second-order valence-electron chi connectivity index (χ2n) is 7.17. The van der Waals surface area contributed by atoms with Crippen LogP contribution in [0.5, 0.6) is 0 Å². The van der Waals surface area contributed by atoms with Gasteiger partial charge in [0.15, 0.2) is 7.94 Å². The number of carboxylic acids is 1. The summed E-state index contributed by atoms with van der Waals surface area (Å²) in [6, 6.07) is -1.25. The van der Waals surface area contributed by atoms with Crippen molar-refractivity contribution in [2.75, 3.05) is 12.8 Å². The zero-order valence-corrected chi connectivity index (χ0v) is 18.0. The van der Waals surface area contributed by atoms with Gasteiger partial charge in [-0.1, -0.05) is 75.2 Å². The lowest BCUT2D eigenvalue weighted by molar-refractivity contribution is -0.157. The van der Waals surface area contributed by atoms with Crippen molar-refractivity contribution in [2.45, 2.75) is 103 Å². The van der Waals surface area contributed by atoms with Crippen molar-refractivity contribution in [1.82, 2.24) is 0 Å². The molecule has 0 aliphatic heterocycles. The fourth-order valence-electron chi connectivity index (χ4n) is 2.87. The number of rotatable bonds is 19. The molecular weight excluding hydrogens is 361 g/mol. The Balaban J connectivity index is 3.41. The first-order valence-electron chi connectivity index (χ1n) is 10.8. The lowest BCUT2D eigenvalue weighted by Gasteiger charge is -2.02. The van der Waals surface area contributed by atoms with Gasteiger partial charge in [0.05, 0.1) is 6.61 Å². The number of hydrogen-bond donors (Lipinski definition) is 2. The van der Waals surface area contributed by atoms with Gasteiger partial charge in [-0.05, 0) is 38.5 Å². The van der Waals surface area contributed by atoms with Gasteiger partial charge in [-0.2, -0.15) is 0 Å². The Morgan fingerprint density at radius 3 is 1.89 bits per heavy atom. The summed E-state index contributed by atoms with van der Waals surface area (Å²) >= 11 is 0. The highest BCUT2D eigenvalue weighted by Gasteiger charge is 2.18. The molecule has 0 aromatic rings. The average molecular weight is 402 g/mol. The number of nitrogens with zero attached hydrogens (tertiary/aromatic N) is 1. The van der Waals surface area contributed by atoms with Crippen molar-refractivity contribution >= 4 is 13.9 Å². The molecule has 2 N–H and O–H groups in total. The number of carboxylic acid groups (broad SMARTS) is 1. The Labute approximate surface area is 166 Å². The summed E-state index contributed by atoms with van der Waals surface area (Å²) in [6.45, 7) is 1.66. The van der Waals surface area contributed by atoms with Crippen LogP contribution in [0.25, 0.3) is 0 Å². The van der Waals surface area contributed by atoms with E-state index in [1.54, 1.807) is 0 Å². The number of carbonyl (C=O) groups is 1. The van der Waals surface area contributed by atoms with Crippen LogP contribution in [0, 0.1) is 0 Å². The van der Waals surface area contributed by atoms with Gasteiger partial charge in [0.1, 0.15) is 6.16 Å². The van der Waals surface area contributed by atoms with Crippen molar-refractivity contribution in [3.63, 3.8) is 0 Å². The maximum absolute atomic E-state index is 11.7. The van der Waals surface area contributed by atoms with Crippen molar-refractivity contribution in [2.24, 2.45) is 4.74 Å². The van der Waals surface area contributed by atoms with E-state index >= 15 is 0 Å². The van der Waals surface area contributed by atoms with E-state index in [-0.39, 0.29) is 0 Å². The summed E-state index contributed by atoms with van der Waals surface area (Å²) in [4.78, 5) is 22.4. The molecule has 0 saturated carbocycles. The zero-order chi connectivity index (χ0) is 20.2. The molecule has 0 radical (unpaired) electrons. The van der Waals surface area contributed by atoms with E-state index < -0.39 is 26.6 Å². The maximum Gasteiger partial charge on any atom is 0.335 e. The van der Waals surface area contributed by atoms with Crippen LogP contribution >= 0.6 is 7.94 Å². The highest BCUT2D eigenvalue weighted by atomic mass is 31.1. The monoisotopic (exact) mass is 401 g/mol. The SMILES string of the molecule is CCCCCCCC/C=C\CCCCCCCC[P+]([O-])=N[C@@H](CO)C(=O)O. The summed E-state index contributed by atoms with van der Waals surface area (Å²) in [5.74, 6) is -1.22. The van der Waals surface area contributed by atoms with E-state index in [9.17, 15) is 9.69 Å². The molecular formula is C21H40NO4P. The second-order valence-corrected chi connectivity index (χ2v) is 8.55. The van der Waals surface area contributed by atoms with E-state index in [1.807, 2.05) is 0 Å².